The molecule has 0 amide bonds. The van der Waals surface area contributed by atoms with Crippen LogP contribution in [0.2, 0.25) is 0 Å². The summed E-state index contributed by atoms with van der Waals surface area (Å²) in [7, 11) is 0. The van der Waals surface area contributed by atoms with E-state index >= 15 is 0 Å². The van der Waals surface area contributed by atoms with E-state index in [0.717, 1.165) is 11.5 Å². The molecule has 0 saturated heterocycles. The number of anilines is 1. The Labute approximate surface area is 81.5 Å². The van der Waals surface area contributed by atoms with Crippen molar-refractivity contribution < 1.29 is 0 Å². The van der Waals surface area contributed by atoms with Crippen LogP contribution in [0.15, 0.2) is 31.4 Å². The third-order valence-corrected chi connectivity index (χ3v) is 1.92. The van der Waals surface area contributed by atoms with Crippen molar-refractivity contribution in [1.82, 2.24) is 19.6 Å². The van der Waals surface area contributed by atoms with E-state index in [1.165, 1.54) is 6.33 Å². The SMILES string of the molecule is C=CC(C)Nc1cncc2ncnn12. The fourth-order valence-electron chi connectivity index (χ4n) is 1.14. The Bertz CT molecular complexity index is 447. The van der Waals surface area contributed by atoms with Crippen LogP contribution >= 0.6 is 0 Å². The largest absolute Gasteiger partial charge is 0.363 e. The van der Waals surface area contributed by atoms with Gasteiger partial charge >= 0.3 is 0 Å². The van der Waals surface area contributed by atoms with Gasteiger partial charge in [-0.2, -0.15) is 9.61 Å². The second kappa shape index (κ2) is 3.45. The molecule has 2 aromatic rings. The van der Waals surface area contributed by atoms with Gasteiger partial charge in [-0.25, -0.2) is 4.98 Å². The summed E-state index contributed by atoms with van der Waals surface area (Å²) in [5.41, 5.74) is 0.728. The number of nitrogens with zero attached hydrogens (tertiary/aromatic N) is 4. The van der Waals surface area contributed by atoms with Crippen LogP contribution < -0.4 is 5.32 Å². The Morgan fingerprint density at radius 1 is 1.57 bits per heavy atom. The fraction of sp³-hybridized carbons (Fsp3) is 0.222. The lowest BCUT2D eigenvalue weighted by Gasteiger charge is -2.10. The summed E-state index contributed by atoms with van der Waals surface area (Å²) in [5, 5.41) is 7.28. The fourth-order valence-corrected chi connectivity index (χ4v) is 1.14. The Hall–Kier alpha value is -1.91. The Morgan fingerprint density at radius 2 is 2.43 bits per heavy atom. The van der Waals surface area contributed by atoms with Gasteiger partial charge in [0.15, 0.2) is 5.65 Å². The molecule has 1 N–H and O–H groups in total. The highest BCUT2D eigenvalue weighted by atomic mass is 15.3. The van der Waals surface area contributed by atoms with Gasteiger partial charge in [0.1, 0.15) is 12.1 Å². The lowest BCUT2D eigenvalue weighted by Crippen LogP contribution is -2.14. The molecule has 0 spiro atoms. The average Bonchev–Trinajstić information content (AvgIpc) is 2.66. The molecule has 5 heteroatoms. The molecule has 0 aliphatic heterocycles. The first kappa shape index (κ1) is 8.68. The van der Waals surface area contributed by atoms with E-state index in [4.69, 9.17) is 0 Å². The highest BCUT2D eigenvalue weighted by Gasteiger charge is 2.03. The second-order valence-corrected chi connectivity index (χ2v) is 2.99. The summed E-state index contributed by atoms with van der Waals surface area (Å²) in [6.45, 7) is 5.70. The molecule has 0 radical (unpaired) electrons. The number of hydrogen-bond acceptors (Lipinski definition) is 4. The van der Waals surface area contributed by atoms with E-state index in [1.54, 1.807) is 16.9 Å². The summed E-state index contributed by atoms with van der Waals surface area (Å²) in [6.07, 6.45) is 6.69. The normalized spacial score (nSPS) is 12.6. The lowest BCUT2D eigenvalue weighted by atomic mass is 10.3. The topological polar surface area (TPSA) is 55.1 Å². The molecule has 72 valence electrons. The maximum absolute atomic E-state index is 4.07. The van der Waals surface area contributed by atoms with Crippen molar-refractivity contribution in [2.45, 2.75) is 13.0 Å². The summed E-state index contributed by atoms with van der Waals surface area (Å²) in [4.78, 5) is 8.09. The first-order chi connectivity index (χ1) is 6.81. The van der Waals surface area contributed by atoms with Gasteiger partial charge in [0.05, 0.1) is 12.4 Å². The lowest BCUT2D eigenvalue weighted by molar-refractivity contribution is 0.900. The number of rotatable bonds is 3. The zero-order chi connectivity index (χ0) is 9.97. The number of fused-ring (bicyclic) bond motifs is 1. The van der Waals surface area contributed by atoms with Crippen molar-refractivity contribution in [2.75, 3.05) is 5.32 Å². The molecule has 0 fully saturated rings. The molecule has 2 heterocycles. The number of aromatic nitrogens is 4. The van der Waals surface area contributed by atoms with Crippen LogP contribution in [0.3, 0.4) is 0 Å². The van der Waals surface area contributed by atoms with Gasteiger partial charge in [-0.15, -0.1) is 6.58 Å². The molecule has 0 saturated carbocycles. The quantitative estimate of drug-likeness (QED) is 0.735. The van der Waals surface area contributed by atoms with Gasteiger partial charge in [0.25, 0.3) is 0 Å². The van der Waals surface area contributed by atoms with Crippen LogP contribution in [0, 0.1) is 0 Å². The van der Waals surface area contributed by atoms with Crippen molar-refractivity contribution in [1.29, 1.82) is 0 Å². The summed E-state index contributed by atoms with van der Waals surface area (Å²) >= 11 is 0. The first-order valence-electron chi connectivity index (χ1n) is 4.34. The minimum Gasteiger partial charge on any atom is -0.363 e. The van der Waals surface area contributed by atoms with Crippen LogP contribution in [0.1, 0.15) is 6.92 Å². The van der Waals surface area contributed by atoms with Gasteiger partial charge in [0.2, 0.25) is 0 Å². The van der Waals surface area contributed by atoms with Crippen molar-refractivity contribution >= 4 is 11.5 Å². The van der Waals surface area contributed by atoms with E-state index in [2.05, 4.69) is 27.0 Å². The number of hydrogen-bond donors (Lipinski definition) is 1. The van der Waals surface area contributed by atoms with E-state index < -0.39 is 0 Å². The van der Waals surface area contributed by atoms with Crippen LogP contribution in [0.4, 0.5) is 5.82 Å². The Kier molecular flexibility index (Phi) is 2.14. The van der Waals surface area contributed by atoms with Gasteiger partial charge < -0.3 is 5.32 Å². The molecule has 2 aromatic heterocycles. The summed E-state index contributed by atoms with van der Waals surface area (Å²) in [6, 6.07) is 0.173. The Morgan fingerprint density at radius 3 is 3.21 bits per heavy atom. The zero-order valence-electron chi connectivity index (χ0n) is 7.88. The molecular weight excluding hydrogens is 178 g/mol. The smallest absolute Gasteiger partial charge is 0.175 e. The van der Waals surface area contributed by atoms with Crippen LogP contribution in [-0.2, 0) is 0 Å². The second-order valence-electron chi connectivity index (χ2n) is 2.99. The zero-order valence-corrected chi connectivity index (χ0v) is 7.88. The van der Waals surface area contributed by atoms with Gasteiger partial charge in [0, 0.05) is 6.04 Å². The molecule has 1 unspecified atom stereocenters. The third-order valence-electron chi connectivity index (χ3n) is 1.92. The standard InChI is InChI=1S/C9H11N5/c1-3-7(2)13-9-5-10-4-8-11-6-12-14(8)9/h3-7,13H,1H2,2H3. The molecule has 0 aliphatic rings. The monoisotopic (exact) mass is 189 g/mol. The minimum absolute atomic E-state index is 0.173. The summed E-state index contributed by atoms with van der Waals surface area (Å²) < 4.78 is 1.70. The van der Waals surface area contributed by atoms with Gasteiger partial charge in [-0.1, -0.05) is 6.08 Å². The van der Waals surface area contributed by atoms with E-state index in [0.29, 0.717) is 0 Å². The molecule has 0 aromatic carbocycles. The molecule has 0 bridgehead atoms. The predicted octanol–water partition coefficient (Wildman–Crippen LogP) is 1.11. The van der Waals surface area contributed by atoms with Crippen LogP contribution in [0.25, 0.3) is 5.65 Å². The van der Waals surface area contributed by atoms with Crippen molar-refractivity contribution in [3.05, 3.63) is 31.4 Å². The van der Waals surface area contributed by atoms with E-state index in [-0.39, 0.29) is 6.04 Å². The van der Waals surface area contributed by atoms with Crippen LogP contribution in [0.5, 0.6) is 0 Å². The maximum Gasteiger partial charge on any atom is 0.175 e. The third kappa shape index (κ3) is 1.44. The minimum atomic E-state index is 0.173. The first-order valence-corrected chi connectivity index (χ1v) is 4.34. The molecule has 0 aliphatic carbocycles. The van der Waals surface area contributed by atoms with Crippen LogP contribution in [-0.4, -0.2) is 25.6 Å². The average molecular weight is 189 g/mol. The Balaban J connectivity index is 2.41. The van der Waals surface area contributed by atoms with Crippen molar-refractivity contribution in [2.24, 2.45) is 0 Å². The van der Waals surface area contributed by atoms with E-state index in [1.807, 2.05) is 13.0 Å². The van der Waals surface area contributed by atoms with Gasteiger partial charge in [-0.3, -0.25) is 4.98 Å². The highest BCUT2D eigenvalue weighted by molar-refractivity contribution is 5.45. The molecule has 14 heavy (non-hydrogen) atoms. The molecule has 1 atom stereocenters. The highest BCUT2D eigenvalue weighted by Crippen LogP contribution is 2.07. The predicted molar refractivity (Wildman–Crippen MR) is 54.1 cm³/mol. The van der Waals surface area contributed by atoms with Crippen molar-refractivity contribution in [3.8, 4) is 0 Å². The number of nitrogens with one attached hydrogen (secondary N) is 1. The van der Waals surface area contributed by atoms with Gasteiger partial charge in [-0.05, 0) is 6.92 Å². The maximum atomic E-state index is 4.07. The molecule has 5 nitrogen and oxygen atoms in total. The van der Waals surface area contributed by atoms with E-state index in [9.17, 15) is 0 Å². The van der Waals surface area contributed by atoms with Crippen molar-refractivity contribution in [3.63, 3.8) is 0 Å². The molecule has 2 rings (SSSR count). The summed E-state index contributed by atoms with van der Waals surface area (Å²) in [5.74, 6) is 0.812. The molecular formula is C9H11N5.